The summed E-state index contributed by atoms with van der Waals surface area (Å²) in [6, 6.07) is 0. The maximum absolute atomic E-state index is 12.5. The van der Waals surface area contributed by atoms with E-state index in [1.54, 1.807) is 0 Å². The number of phosphoric ester groups is 1. The van der Waals surface area contributed by atoms with Crippen molar-refractivity contribution in [2.45, 2.75) is 148 Å². The number of unbranched alkanes of at least 4 members (excludes halogenated alkanes) is 11. The molecule has 0 saturated carbocycles. The lowest BCUT2D eigenvalue weighted by atomic mass is 10.1. The van der Waals surface area contributed by atoms with Crippen molar-refractivity contribution >= 4 is 19.8 Å². The second-order valence-corrected chi connectivity index (χ2v) is 13.5. The van der Waals surface area contributed by atoms with E-state index in [4.69, 9.17) is 24.3 Å². The number of hydrogen-bond donors (Lipinski definition) is 2. The number of hydrogen-bond acceptors (Lipinski definition) is 8. The van der Waals surface area contributed by atoms with Gasteiger partial charge in [0.1, 0.15) is 6.61 Å². The van der Waals surface area contributed by atoms with E-state index < -0.39 is 32.5 Å². The number of nitrogens with two attached hydrogens (primary N) is 1. The highest BCUT2D eigenvalue weighted by Crippen LogP contribution is 2.43. The first kappa shape index (κ1) is 46.7. The Balaban J connectivity index is 4.30. The van der Waals surface area contributed by atoms with Crippen LogP contribution in [0.15, 0.2) is 60.8 Å². The summed E-state index contributed by atoms with van der Waals surface area (Å²) < 4.78 is 32.6. The third-order valence-corrected chi connectivity index (χ3v) is 8.37. The minimum atomic E-state index is -4.38. The summed E-state index contributed by atoms with van der Waals surface area (Å²) in [5.74, 6) is -0.876. The molecule has 0 aliphatic heterocycles. The van der Waals surface area contributed by atoms with E-state index in [0.29, 0.717) is 12.8 Å². The number of ether oxygens (including phenoxy) is 2. The molecule has 0 aromatic carbocycles. The van der Waals surface area contributed by atoms with E-state index in [1.807, 2.05) is 0 Å². The monoisotopic (exact) mass is 709 g/mol. The first-order chi connectivity index (χ1) is 23.8. The van der Waals surface area contributed by atoms with Gasteiger partial charge in [-0.3, -0.25) is 18.6 Å². The molecule has 0 radical (unpaired) electrons. The van der Waals surface area contributed by atoms with Gasteiger partial charge in [-0.15, -0.1) is 0 Å². The second-order valence-electron chi connectivity index (χ2n) is 12.1. The number of carbonyl (C=O) groups excluding carboxylic acids is 2. The SMILES string of the molecule is CC/C=C\C/C=C\C/C=C\C/C=C\CCCCCCC(=O)OC(COC(=O)CCCCCCC/C=C\CCCC)COP(=O)(O)OCCN. The highest BCUT2D eigenvalue weighted by Gasteiger charge is 2.25. The zero-order chi connectivity index (χ0) is 36.1. The van der Waals surface area contributed by atoms with Crippen LogP contribution in [0.4, 0.5) is 0 Å². The Labute approximate surface area is 298 Å². The fraction of sp³-hybridized carbons (Fsp3) is 0.692. The first-order valence-electron chi connectivity index (χ1n) is 18.8. The van der Waals surface area contributed by atoms with Gasteiger partial charge in [-0.25, -0.2) is 4.57 Å². The van der Waals surface area contributed by atoms with E-state index >= 15 is 0 Å². The topological polar surface area (TPSA) is 134 Å². The Hall–Kier alpha value is -2.29. The van der Waals surface area contributed by atoms with Crippen LogP contribution >= 0.6 is 7.82 Å². The summed E-state index contributed by atoms with van der Waals surface area (Å²) in [4.78, 5) is 34.7. The van der Waals surface area contributed by atoms with Crippen molar-refractivity contribution in [1.29, 1.82) is 0 Å². The minimum absolute atomic E-state index is 0.0451. The van der Waals surface area contributed by atoms with Gasteiger partial charge in [0.15, 0.2) is 6.10 Å². The van der Waals surface area contributed by atoms with Gasteiger partial charge in [-0.2, -0.15) is 0 Å². The molecule has 0 amide bonds. The molecule has 0 rings (SSSR count). The van der Waals surface area contributed by atoms with Gasteiger partial charge in [-0.1, -0.05) is 120 Å². The number of phosphoric acid groups is 1. The lowest BCUT2D eigenvalue weighted by Crippen LogP contribution is -2.29. The number of esters is 2. The molecule has 0 aromatic rings. The standard InChI is InChI=1S/C39H68NO8P/c1-3-5-7-9-11-13-15-16-17-18-19-20-22-24-26-28-30-32-39(42)48-37(36-47-49(43,44)46-34-33-40)35-45-38(41)31-29-27-25-23-21-14-12-10-8-6-4-2/h5,7,10-13,16-17,19-20,37H,3-4,6,8-9,14-15,18,21-36,40H2,1-2H3,(H,43,44)/b7-5-,12-10-,13-11-,17-16-,20-19-. The minimum Gasteiger partial charge on any atom is -0.462 e. The summed E-state index contributed by atoms with van der Waals surface area (Å²) >= 11 is 0. The third kappa shape index (κ3) is 35.3. The summed E-state index contributed by atoms with van der Waals surface area (Å²) in [5.41, 5.74) is 5.32. The Morgan fingerprint density at radius 3 is 1.69 bits per heavy atom. The molecule has 282 valence electrons. The average molecular weight is 710 g/mol. The van der Waals surface area contributed by atoms with Gasteiger partial charge >= 0.3 is 19.8 Å². The van der Waals surface area contributed by atoms with Crippen molar-refractivity contribution in [3.63, 3.8) is 0 Å². The van der Waals surface area contributed by atoms with Crippen molar-refractivity contribution < 1.29 is 37.6 Å². The molecule has 2 atom stereocenters. The maximum atomic E-state index is 12.5. The molecule has 0 bridgehead atoms. The number of rotatable bonds is 34. The zero-order valence-electron chi connectivity index (χ0n) is 30.7. The Morgan fingerprint density at radius 2 is 1.12 bits per heavy atom. The molecule has 0 fully saturated rings. The van der Waals surface area contributed by atoms with Crippen LogP contribution in [0.1, 0.15) is 142 Å². The smallest absolute Gasteiger partial charge is 0.462 e. The highest BCUT2D eigenvalue weighted by molar-refractivity contribution is 7.47. The number of allylic oxidation sites excluding steroid dienone is 10. The quantitative estimate of drug-likeness (QED) is 0.0290. The number of carbonyl (C=O) groups is 2. The molecular formula is C39H68NO8P. The maximum Gasteiger partial charge on any atom is 0.472 e. The van der Waals surface area contributed by atoms with E-state index in [0.717, 1.165) is 89.9 Å². The molecule has 0 saturated heterocycles. The van der Waals surface area contributed by atoms with Crippen LogP contribution in [0.25, 0.3) is 0 Å². The molecule has 3 N–H and O–H groups in total. The second kappa shape index (κ2) is 35.5. The first-order valence-corrected chi connectivity index (χ1v) is 20.3. The summed E-state index contributed by atoms with van der Waals surface area (Å²) in [7, 11) is -4.38. The van der Waals surface area contributed by atoms with Gasteiger partial charge < -0.3 is 20.1 Å². The molecule has 49 heavy (non-hydrogen) atoms. The van der Waals surface area contributed by atoms with Crippen molar-refractivity contribution in [1.82, 2.24) is 0 Å². The van der Waals surface area contributed by atoms with Crippen molar-refractivity contribution in [3.8, 4) is 0 Å². The van der Waals surface area contributed by atoms with E-state index in [-0.39, 0.29) is 32.6 Å². The fourth-order valence-electron chi connectivity index (χ4n) is 4.60. The Bertz CT molecular complexity index is 992. The summed E-state index contributed by atoms with van der Waals surface area (Å²) in [5, 5.41) is 0. The average Bonchev–Trinajstić information content (AvgIpc) is 3.08. The van der Waals surface area contributed by atoms with E-state index in [2.05, 4.69) is 74.6 Å². The molecule has 9 nitrogen and oxygen atoms in total. The normalized spacial score (nSPS) is 14.1. The Kier molecular flexibility index (Phi) is 33.9. The van der Waals surface area contributed by atoms with Crippen LogP contribution < -0.4 is 5.73 Å². The Morgan fingerprint density at radius 1 is 0.633 bits per heavy atom. The van der Waals surface area contributed by atoms with Gasteiger partial charge in [-0.05, 0) is 70.6 Å². The van der Waals surface area contributed by atoms with Gasteiger partial charge in [0.2, 0.25) is 0 Å². The predicted octanol–water partition coefficient (Wildman–Crippen LogP) is 10.2. The predicted molar refractivity (Wildman–Crippen MR) is 201 cm³/mol. The molecule has 2 unspecified atom stereocenters. The van der Waals surface area contributed by atoms with Crippen molar-refractivity contribution in [2.75, 3.05) is 26.4 Å². The van der Waals surface area contributed by atoms with Gasteiger partial charge in [0.05, 0.1) is 13.2 Å². The van der Waals surface area contributed by atoms with Crippen LogP contribution in [0, 0.1) is 0 Å². The fourth-order valence-corrected chi connectivity index (χ4v) is 5.37. The largest absolute Gasteiger partial charge is 0.472 e. The van der Waals surface area contributed by atoms with Gasteiger partial charge in [0.25, 0.3) is 0 Å². The molecule has 10 heteroatoms. The van der Waals surface area contributed by atoms with E-state index in [9.17, 15) is 19.0 Å². The summed E-state index contributed by atoms with van der Waals surface area (Å²) in [6.45, 7) is 3.51. The molecule has 0 aromatic heterocycles. The molecular weight excluding hydrogens is 641 g/mol. The zero-order valence-corrected chi connectivity index (χ0v) is 31.5. The molecule has 0 heterocycles. The lowest BCUT2D eigenvalue weighted by molar-refractivity contribution is -0.161. The molecule has 0 aliphatic carbocycles. The van der Waals surface area contributed by atoms with Crippen LogP contribution in [0.3, 0.4) is 0 Å². The highest BCUT2D eigenvalue weighted by atomic mass is 31.2. The van der Waals surface area contributed by atoms with E-state index in [1.165, 1.54) is 12.8 Å². The van der Waals surface area contributed by atoms with Crippen LogP contribution in [-0.4, -0.2) is 49.3 Å². The van der Waals surface area contributed by atoms with Crippen LogP contribution in [0.2, 0.25) is 0 Å². The summed E-state index contributed by atoms with van der Waals surface area (Å²) in [6.07, 6.45) is 39.7. The van der Waals surface area contributed by atoms with Gasteiger partial charge in [0, 0.05) is 19.4 Å². The lowest BCUT2D eigenvalue weighted by Gasteiger charge is -2.19. The third-order valence-electron chi connectivity index (χ3n) is 7.39. The van der Waals surface area contributed by atoms with Crippen molar-refractivity contribution in [3.05, 3.63) is 60.8 Å². The van der Waals surface area contributed by atoms with Crippen molar-refractivity contribution in [2.24, 2.45) is 5.73 Å². The molecule has 0 aliphatic rings. The molecule has 0 spiro atoms. The van der Waals surface area contributed by atoms with Crippen LogP contribution in [-0.2, 0) is 32.7 Å². The van der Waals surface area contributed by atoms with Crippen LogP contribution in [0.5, 0.6) is 0 Å².